The van der Waals surface area contributed by atoms with E-state index in [4.69, 9.17) is 16.3 Å². The lowest BCUT2D eigenvalue weighted by molar-refractivity contribution is -0.689. The fraction of sp³-hybridized carbons (Fsp3) is 0.304. The molecule has 202 valence electrons. The Bertz CT molecular complexity index is 1440. The second-order valence-electron chi connectivity index (χ2n) is 8.77. The molecule has 0 spiro atoms. The van der Waals surface area contributed by atoms with Crippen LogP contribution in [0.3, 0.4) is 0 Å². The minimum atomic E-state index is -1.51. The van der Waals surface area contributed by atoms with Crippen molar-refractivity contribution >= 4 is 57.8 Å². The molecule has 3 aliphatic rings. The maximum atomic E-state index is 13.2. The van der Waals surface area contributed by atoms with Crippen LogP contribution in [0, 0.1) is 0 Å². The van der Waals surface area contributed by atoms with Crippen molar-refractivity contribution < 1.29 is 33.7 Å². The number of carbonyl (C=O) groups is 4. The standard InChI is InChI=1S/C23H22N8O6S2/c24-17(32)11-5-7-30(8-6-11)9-12-10-38-21-15(20(34)31(21)16(12)22(35)36)26-19(33)14(18-27-23(25)39-29-18)28-37-13-3-1-2-4-13/h1,3,5-8,13,15,21H,2,4,9-10H2,(H5-,24,25,26,27,29,32,33,35,36)/t13?,15?,21-/m0/s1. The summed E-state index contributed by atoms with van der Waals surface area (Å²) in [7, 11) is 0. The zero-order chi connectivity index (χ0) is 27.7. The van der Waals surface area contributed by atoms with Gasteiger partial charge in [-0.2, -0.15) is 9.36 Å². The number of nitrogen functional groups attached to an aromatic ring is 1. The molecular formula is C23H22N8O6S2. The second-order valence-corrected chi connectivity index (χ2v) is 10.7. The van der Waals surface area contributed by atoms with Gasteiger partial charge in [0.2, 0.25) is 17.4 Å². The lowest BCUT2D eigenvalue weighted by Crippen LogP contribution is -2.71. The molecule has 5 rings (SSSR count). The van der Waals surface area contributed by atoms with Crippen LogP contribution < -0.4 is 26.5 Å². The number of nitrogens with zero attached hydrogens (tertiary/aromatic N) is 5. The predicted octanol–water partition coefficient (Wildman–Crippen LogP) is -1.95. The third kappa shape index (κ3) is 5.33. The highest BCUT2D eigenvalue weighted by molar-refractivity contribution is 8.00. The number of hydrogen-bond acceptors (Lipinski definition) is 12. The molecule has 5 N–H and O–H groups in total. The molecule has 2 unspecified atom stereocenters. The van der Waals surface area contributed by atoms with Crippen LogP contribution in [0.4, 0.5) is 5.13 Å². The lowest BCUT2D eigenvalue weighted by Gasteiger charge is -2.50. The molecule has 0 aromatic carbocycles. The van der Waals surface area contributed by atoms with E-state index in [9.17, 15) is 24.3 Å². The Labute approximate surface area is 229 Å². The van der Waals surface area contributed by atoms with Crippen molar-refractivity contribution in [1.29, 1.82) is 0 Å². The van der Waals surface area contributed by atoms with Gasteiger partial charge in [0.05, 0.1) is 17.2 Å². The Morgan fingerprint density at radius 1 is 1.31 bits per heavy atom. The number of aliphatic carboxylic acids is 1. The smallest absolute Gasteiger partial charge is 0.278 e. The largest absolute Gasteiger partial charge is 0.543 e. The lowest BCUT2D eigenvalue weighted by atomic mass is 10.0. The Balaban J connectivity index is 1.32. The molecule has 1 saturated heterocycles. The molecule has 4 heterocycles. The van der Waals surface area contributed by atoms with Gasteiger partial charge in [-0.05, 0) is 18.9 Å². The molecule has 39 heavy (non-hydrogen) atoms. The number of nitrogens with one attached hydrogen (secondary N) is 1. The Morgan fingerprint density at radius 3 is 2.69 bits per heavy atom. The van der Waals surface area contributed by atoms with E-state index in [0.29, 0.717) is 17.6 Å². The van der Waals surface area contributed by atoms with Gasteiger partial charge in [-0.25, -0.2) is 4.57 Å². The first-order valence-electron chi connectivity index (χ1n) is 11.7. The third-order valence-electron chi connectivity index (χ3n) is 6.19. The number of pyridine rings is 1. The van der Waals surface area contributed by atoms with Crippen LogP contribution in [0.1, 0.15) is 29.0 Å². The van der Waals surface area contributed by atoms with Gasteiger partial charge in [0.15, 0.2) is 24.1 Å². The minimum absolute atomic E-state index is 0.0473. The number of anilines is 1. The van der Waals surface area contributed by atoms with Crippen LogP contribution >= 0.6 is 23.3 Å². The molecule has 0 saturated carbocycles. The van der Waals surface area contributed by atoms with Crippen molar-refractivity contribution in [1.82, 2.24) is 19.6 Å². The van der Waals surface area contributed by atoms with E-state index in [1.165, 1.54) is 23.9 Å². The number of allylic oxidation sites excluding steroid dienone is 1. The van der Waals surface area contributed by atoms with Gasteiger partial charge >= 0.3 is 0 Å². The topological polar surface area (TPSA) is 210 Å². The molecule has 1 fully saturated rings. The van der Waals surface area contributed by atoms with E-state index >= 15 is 0 Å². The van der Waals surface area contributed by atoms with E-state index in [2.05, 4.69) is 19.8 Å². The van der Waals surface area contributed by atoms with E-state index in [1.54, 1.807) is 17.0 Å². The molecule has 0 radical (unpaired) electrons. The highest BCUT2D eigenvalue weighted by atomic mass is 32.2. The summed E-state index contributed by atoms with van der Waals surface area (Å²) in [4.78, 5) is 60.2. The molecule has 0 bridgehead atoms. The molecule has 16 heteroatoms. The summed E-state index contributed by atoms with van der Waals surface area (Å²) in [6, 6.07) is 2.00. The number of oxime groups is 1. The third-order valence-corrected chi connectivity index (χ3v) is 8.08. The number of thioether (sulfide) groups is 1. The highest BCUT2D eigenvalue weighted by Gasteiger charge is 2.53. The normalized spacial score (nSPS) is 22.4. The van der Waals surface area contributed by atoms with Gasteiger partial charge in [-0.1, -0.05) is 11.2 Å². The number of β-lactam (4-membered cyclic amide) rings is 1. The zero-order valence-electron chi connectivity index (χ0n) is 20.2. The number of primary amides is 1. The van der Waals surface area contributed by atoms with Crippen LogP contribution in [-0.4, -0.2) is 66.9 Å². The highest BCUT2D eigenvalue weighted by Crippen LogP contribution is 2.40. The van der Waals surface area contributed by atoms with Crippen LogP contribution in [0.25, 0.3) is 0 Å². The average molecular weight is 571 g/mol. The Hall–Kier alpha value is -4.31. The molecule has 3 amide bonds. The number of carboxylic acid groups (broad SMARTS) is 1. The van der Waals surface area contributed by atoms with E-state index in [0.717, 1.165) is 22.9 Å². The first kappa shape index (κ1) is 26.3. The van der Waals surface area contributed by atoms with Gasteiger partial charge in [0.1, 0.15) is 17.5 Å². The van der Waals surface area contributed by atoms with Gasteiger partial charge in [-0.3, -0.25) is 19.3 Å². The number of amides is 3. The summed E-state index contributed by atoms with van der Waals surface area (Å²) < 4.78 is 5.68. The quantitative estimate of drug-likeness (QED) is 0.0997. The van der Waals surface area contributed by atoms with Crippen LogP contribution in [0.2, 0.25) is 0 Å². The predicted molar refractivity (Wildman–Crippen MR) is 136 cm³/mol. The molecule has 1 aliphatic carbocycles. The van der Waals surface area contributed by atoms with Crippen molar-refractivity contribution in [3.8, 4) is 0 Å². The maximum absolute atomic E-state index is 13.2. The van der Waals surface area contributed by atoms with Crippen molar-refractivity contribution in [2.24, 2.45) is 10.9 Å². The van der Waals surface area contributed by atoms with Crippen molar-refractivity contribution in [3.05, 3.63) is 59.3 Å². The summed E-state index contributed by atoms with van der Waals surface area (Å²) in [5.41, 5.74) is 11.2. The van der Waals surface area contributed by atoms with Crippen molar-refractivity contribution in [2.45, 2.75) is 36.9 Å². The van der Waals surface area contributed by atoms with E-state index < -0.39 is 35.1 Å². The summed E-state index contributed by atoms with van der Waals surface area (Å²) in [6.07, 6.45) is 8.15. The van der Waals surface area contributed by atoms with Gasteiger partial charge < -0.3 is 31.5 Å². The van der Waals surface area contributed by atoms with Crippen molar-refractivity contribution in [3.63, 3.8) is 0 Å². The number of rotatable bonds is 9. The molecule has 14 nitrogen and oxygen atoms in total. The summed E-state index contributed by atoms with van der Waals surface area (Å²) in [6.45, 7) is 0.142. The first-order valence-corrected chi connectivity index (χ1v) is 13.5. The van der Waals surface area contributed by atoms with Gasteiger partial charge in [0.25, 0.3) is 11.8 Å². The molecule has 2 aromatic heterocycles. The number of nitrogens with two attached hydrogens (primary N) is 2. The number of fused-ring (bicyclic) bond motifs is 1. The Morgan fingerprint density at radius 2 is 2.08 bits per heavy atom. The molecule has 2 aliphatic heterocycles. The number of carbonyl (C=O) groups excluding carboxylic acids is 4. The second kappa shape index (κ2) is 10.8. The zero-order valence-corrected chi connectivity index (χ0v) is 21.8. The summed E-state index contributed by atoms with van der Waals surface area (Å²) >= 11 is 2.17. The SMILES string of the molecule is NC(=O)c1cc[n+](CC2=C(C(=O)[O-])N3C(=O)C(NC(=O)C(=NOC4C=CCC4)c4nsc(N)n4)[C@@H]3SC2)cc1. The maximum Gasteiger partial charge on any atom is 0.278 e. The monoisotopic (exact) mass is 570 g/mol. The average Bonchev–Trinajstić information content (AvgIpc) is 3.59. The summed E-state index contributed by atoms with van der Waals surface area (Å²) in [5.74, 6) is -3.26. The molecule has 2 aromatic rings. The minimum Gasteiger partial charge on any atom is -0.543 e. The molecule has 3 atom stereocenters. The fourth-order valence-electron chi connectivity index (χ4n) is 4.28. The van der Waals surface area contributed by atoms with Crippen LogP contribution in [0.5, 0.6) is 0 Å². The first-order chi connectivity index (χ1) is 18.7. The van der Waals surface area contributed by atoms with E-state index in [1.807, 2.05) is 12.2 Å². The van der Waals surface area contributed by atoms with E-state index in [-0.39, 0.29) is 40.8 Å². The number of hydrogen-bond donors (Lipinski definition) is 3. The van der Waals surface area contributed by atoms with Gasteiger partial charge in [-0.15, -0.1) is 11.8 Å². The summed E-state index contributed by atoms with van der Waals surface area (Å²) in [5, 5.41) is 18.1. The van der Waals surface area contributed by atoms with Crippen LogP contribution in [-0.2, 0) is 25.8 Å². The van der Waals surface area contributed by atoms with Crippen molar-refractivity contribution in [2.75, 3.05) is 11.5 Å². The number of aromatic nitrogens is 3. The molecular weight excluding hydrogens is 548 g/mol. The Kier molecular flexibility index (Phi) is 7.30. The van der Waals surface area contributed by atoms with Crippen LogP contribution in [0.15, 0.2) is 53.1 Å². The number of carboxylic acids is 1. The fourth-order valence-corrected chi connectivity index (χ4v) is 6.05. The van der Waals surface area contributed by atoms with Gasteiger partial charge in [0, 0.05) is 35.0 Å².